The number of carbonyl (C=O) groups excluding carboxylic acids is 1. The van der Waals surface area contributed by atoms with Crippen LogP contribution in [0.1, 0.15) is 11.3 Å². The topological polar surface area (TPSA) is 116 Å². The smallest absolute Gasteiger partial charge is 0.328 e. The number of aliphatic hydroxyl groups is 1. The molecule has 1 heterocycles. The van der Waals surface area contributed by atoms with E-state index in [1.54, 1.807) is 17.9 Å². The Bertz CT molecular complexity index is 443. The van der Waals surface area contributed by atoms with E-state index in [9.17, 15) is 9.59 Å². The predicted molar refractivity (Wildman–Crippen MR) is 61.8 cm³/mol. The Hall–Kier alpha value is -2.09. The molecule has 0 spiro atoms. The Labute approximate surface area is 104 Å². The first-order valence-electron chi connectivity index (χ1n) is 5.31. The van der Waals surface area contributed by atoms with Crippen LogP contribution in [0, 0.1) is 6.92 Å². The lowest BCUT2D eigenvalue weighted by molar-refractivity contribution is -0.140. The van der Waals surface area contributed by atoms with E-state index in [4.69, 9.17) is 10.2 Å². The van der Waals surface area contributed by atoms with Gasteiger partial charge in [0.05, 0.1) is 12.3 Å². The van der Waals surface area contributed by atoms with Gasteiger partial charge in [0.15, 0.2) is 6.04 Å². The first-order chi connectivity index (χ1) is 8.43. The number of nitrogens with one attached hydrogen (secondary N) is 2. The minimum atomic E-state index is -1.31. The summed E-state index contributed by atoms with van der Waals surface area (Å²) in [5.41, 5.74) is 1.62. The molecule has 0 fully saturated rings. The van der Waals surface area contributed by atoms with Gasteiger partial charge in [-0.25, -0.2) is 9.59 Å². The van der Waals surface area contributed by atoms with Crippen LogP contribution < -0.4 is 10.6 Å². The van der Waals surface area contributed by atoms with Crippen molar-refractivity contribution in [3.05, 3.63) is 17.5 Å². The van der Waals surface area contributed by atoms with E-state index in [-0.39, 0.29) is 6.54 Å². The molecule has 0 aliphatic heterocycles. The van der Waals surface area contributed by atoms with Gasteiger partial charge >= 0.3 is 12.0 Å². The third-order valence-corrected chi connectivity index (χ3v) is 2.34. The lowest BCUT2D eigenvalue weighted by atomic mass is 10.2. The van der Waals surface area contributed by atoms with Crippen LogP contribution in [0.3, 0.4) is 0 Å². The lowest BCUT2D eigenvalue weighted by Gasteiger charge is -2.12. The SMILES string of the molecule is Cc1nn(C)cc1CNC(=O)N[C@@H](CO)C(=O)O. The number of aliphatic hydroxyl groups excluding tert-OH is 1. The van der Waals surface area contributed by atoms with Crippen LogP contribution in [-0.4, -0.2) is 44.6 Å². The summed E-state index contributed by atoms with van der Waals surface area (Å²) < 4.78 is 1.62. The first kappa shape index (κ1) is 14.0. The van der Waals surface area contributed by atoms with E-state index in [1.165, 1.54) is 0 Å². The molecule has 0 radical (unpaired) electrons. The summed E-state index contributed by atoms with van der Waals surface area (Å²) in [4.78, 5) is 22.0. The molecule has 0 aromatic carbocycles. The van der Waals surface area contributed by atoms with Crippen molar-refractivity contribution in [1.82, 2.24) is 20.4 Å². The highest BCUT2D eigenvalue weighted by Gasteiger charge is 2.18. The van der Waals surface area contributed by atoms with Crippen LogP contribution in [0.15, 0.2) is 6.20 Å². The third-order valence-electron chi connectivity index (χ3n) is 2.34. The Balaban J connectivity index is 2.46. The van der Waals surface area contributed by atoms with Gasteiger partial charge in [-0.3, -0.25) is 4.68 Å². The predicted octanol–water partition coefficient (Wildman–Crippen LogP) is -1.03. The van der Waals surface area contributed by atoms with Gasteiger partial charge in [-0.1, -0.05) is 0 Å². The summed E-state index contributed by atoms with van der Waals surface area (Å²) in [5.74, 6) is -1.29. The maximum Gasteiger partial charge on any atom is 0.328 e. The van der Waals surface area contributed by atoms with Gasteiger partial charge in [0.25, 0.3) is 0 Å². The molecule has 0 unspecified atom stereocenters. The van der Waals surface area contributed by atoms with Crippen LogP contribution in [0.2, 0.25) is 0 Å². The van der Waals surface area contributed by atoms with Crippen molar-refractivity contribution in [3.63, 3.8) is 0 Å². The van der Waals surface area contributed by atoms with Crippen LogP contribution in [0.5, 0.6) is 0 Å². The number of hydrogen-bond acceptors (Lipinski definition) is 4. The van der Waals surface area contributed by atoms with Crippen molar-refractivity contribution >= 4 is 12.0 Å². The van der Waals surface area contributed by atoms with Crippen molar-refractivity contribution in [2.24, 2.45) is 7.05 Å². The maximum atomic E-state index is 11.4. The van der Waals surface area contributed by atoms with Crippen LogP contribution >= 0.6 is 0 Å². The molecule has 0 saturated carbocycles. The fraction of sp³-hybridized carbons (Fsp3) is 0.500. The second-order valence-corrected chi connectivity index (χ2v) is 3.81. The molecule has 0 saturated heterocycles. The maximum absolute atomic E-state index is 11.4. The highest BCUT2D eigenvalue weighted by atomic mass is 16.4. The van der Waals surface area contributed by atoms with Crippen LogP contribution in [-0.2, 0) is 18.4 Å². The zero-order chi connectivity index (χ0) is 13.7. The van der Waals surface area contributed by atoms with Crippen molar-refractivity contribution in [2.45, 2.75) is 19.5 Å². The van der Waals surface area contributed by atoms with Crippen molar-refractivity contribution < 1.29 is 19.8 Å². The summed E-state index contributed by atoms with van der Waals surface area (Å²) in [6, 6.07) is -1.96. The number of nitrogens with zero attached hydrogens (tertiary/aromatic N) is 2. The number of carboxylic acids is 1. The Morgan fingerprint density at radius 3 is 2.67 bits per heavy atom. The number of carboxylic acid groups (broad SMARTS) is 1. The fourth-order valence-corrected chi connectivity index (χ4v) is 1.39. The summed E-state index contributed by atoms with van der Waals surface area (Å²) in [6.07, 6.45) is 1.76. The van der Waals surface area contributed by atoms with Gasteiger partial charge in [0, 0.05) is 25.4 Å². The van der Waals surface area contributed by atoms with Crippen molar-refractivity contribution in [1.29, 1.82) is 0 Å². The molecular weight excluding hydrogens is 240 g/mol. The second-order valence-electron chi connectivity index (χ2n) is 3.81. The summed E-state index contributed by atoms with van der Waals surface area (Å²) in [7, 11) is 1.77. The molecular formula is C10H16N4O4. The first-order valence-corrected chi connectivity index (χ1v) is 5.31. The average molecular weight is 256 g/mol. The molecule has 1 rings (SSSR count). The highest BCUT2D eigenvalue weighted by molar-refractivity contribution is 5.82. The van der Waals surface area contributed by atoms with Crippen molar-refractivity contribution in [3.8, 4) is 0 Å². The molecule has 8 heteroatoms. The number of rotatable bonds is 5. The largest absolute Gasteiger partial charge is 0.480 e. The standard InChI is InChI=1S/C10H16N4O4/c1-6-7(4-14(2)13-6)3-11-10(18)12-8(5-15)9(16)17/h4,8,15H,3,5H2,1-2H3,(H,16,17)(H2,11,12,18)/t8-/m0/s1. The summed E-state index contributed by atoms with van der Waals surface area (Å²) in [5, 5.41) is 26.1. The Morgan fingerprint density at radius 1 is 1.56 bits per heavy atom. The van der Waals surface area contributed by atoms with Crippen molar-refractivity contribution in [2.75, 3.05) is 6.61 Å². The molecule has 0 aliphatic carbocycles. The Kier molecular flexibility index (Phi) is 4.67. The zero-order valence-electron chi connectivity index (χ0n) is 10.2. The summed E-state index contributed by atoms with van der Waals surface area (Å²) >= 11 is 0. The van der Waals surface area contributed by atoms with Gasteiger partial charge in [-0.05, 0) is 6.92 Å². The normalized spacial score (nSPS) is 11.9. The van der Waals surface area contributed by atoms with Crippen LogP contribution in [0.4, 0.5) is 4.79 Å². The van der Waals surface area contributed by atoms with E-state index in [0.717, 1.165) is 11.3 Å². The molecule has 8 nitrogen and oxygen atoms in total. The molecule has 1 aromatic rings. The molecule has 100 valence electrons. The molecule has 1 atom stereocenters. The lowest BCUT2D eigenvalue weighted by Crippen LogP contribution is -2.47. The number of urea groups is 1. The number of aliphatic carboxylic acids is 1. The van der Waals surface area contributed by atoms with E-state index in [1.807, 2.05) is 6.92 Å². The average Bonchev–Trinajstić information content (AvgIpc) is 2.61. The molecule has 2 amide bonds. The van der Waals surface area contributed by atoms with Gasteiger partial charge in [-0.15, -0.1) is 0 Å². The fourth-order valence-electron chi connectivity index (χ4n) is 1.39. The number of amides is 2. The molecule has 0 bridgehead atoms. The summed E-state index contributed by atoms with van der Waals surface area (Å²) in [6.45, 7) is 1.39. The highest BCUT2D eigenvalue weighted by Crippen LogP contribution is 2.03. The number of hydrogen-bond donors (Lipinski definition) is 4. The second kappa shape index (κ2) is 6.01. The van der Waals surface area contributed by atoms with Gasteiger partial charge in [0.1, 0.15) is 0 Å². The zero-order valence-corrected chi connectivity index (χ0v) is 10.2. The van der Waals surface area contributed by atoms with Gasteiger partial charge in [0.2, 0.25) is 0 Å². The van der Waals surface area contributed by atoms with Gasteiger partial charge in [-0.2, -0.15) is 5.10 Å². The van der Waals surface area contributed by atoms with E-state index in [0.29, 0.717) is 0 Å². The van der Waals surface area contributed by atoms with Crippen LogP contribution in [0.25, 0.3) is 0 Å². The molecule has 4 N–H and O–H groups in total. The van der Waals surface area contributed by atoms with Gasteiger partial charge < -0.3 is 20.8 Å². The molecule has 0 aliphatic rings. The van der Waals surface area contributed by atoms with E-state index < -0.39 is 24.6 Å². The van der Waals surface area contributed by atoms with E-state index in [2.05, 4.69) is 15.7 Å². The molecule has 1 aromatic heterocycles. The van der Waals surface area contributed by atoms with E-state index >= 15 is 0 Å². The molecule has 18 heavy (non-hydrogen) atoms. The number of aryl methyl sites for hydroxylation is 2. The number of carbonyl (C=O) groups is 2. The minimum Gasteiger partial charge on any atom is -0.480 e. The quantitative estimate of drug-likeness (QED) is 0.537. The third kappa shape index (κ3) is 3.74. The Morgan fingerprint density at radius 2 is 2.22 bits per heavy atom. The number of aromatic nitrogens is 2. The monoisotopic (exact) mass is 256 g/mol. The minimum absolute atomic E-state index is 0.239.